The van der Waals surface area contributed by atoms with Crippen LogP contribution in [0.2, 0.25) is 0 Å². The summed E-state index contributed by atoms with van der Waals surface area (Å²) in [6.07, 6.45) is 5.84. The van der Waals surface area contributed by atoms with Crippen LogP contribution in [0.5, 0.6) is 5.75 Å². The highest BCUT2D eigenvalue weighted by Gasteiger charge is 2.40. The number of aromatic nitrogens is 3. The van der Waals surface area contributed by atoms with Gasteiger partial charge in [-0.1, -0.05) is 20.8 Å². The number of ketones is 1. The van der Waals surface area contributed by atoms with E-state index in [0.717, 1.165) is 31.9 Å². The number of fused-ring (bicyclic) bond motifs is 2. The molecule has 0 bridgehead atoms. The first kappa shape index (κ1) is 39.9. The van der Waals surface area contributed by atoms with E-state index in [-0.39, 0.29) is 23.8 Å². The summed E-state index contributed by atoms with van der Waals surface area (Å²) >= 11 is 0. The maximum Gasteiger partial charge on any atom is 0.254 e. The molecule has 5 heterocycles. The fraction of sp³-hybridized carbons (Fsp3) is 0.465. The lowest BCUT2D eigenvalue weighted by Gasteiger charge is -2.42. The number of nitrogens with zero attached hydrogens (tertiary/aromatic N) is 6. The Bertz CT molecular complexity index is 2140. The summed E-state index contributed by atoms with van der Waals surface area (Å²) in [5.74, 6) is -0.0905. The Labute approximate surface area is 335 Å². The summed E-state index contributed by atoms with van der Waals surface area (Å²) < 4.78 is 7.60. The number of carbonyl (C=O) groups excluding carboxylic acids is 3. The third kappa shape index (κ3) is 8.53. The predicted molar refractivity (Wildman–Crippen MR) is 225 cm³/mol. The molecule has 0 spiro atoms. The molecule has 2 aromatic heterocycles. The minimum absolute atomic E-state index is 0.197. The highest BCUT2D eigenvalue weighted by atomic mass is 16.5. The molecule has 2 saturated heterocycles. The molecule has 0 saturated carbocycles. The van der Waals surface area contributed by atoms with Gasteiger partial charge in [-0.3, -0.25) is 19.3 Å². The molecule has 2 fully saturated rings. The van der Waals surface area contributed by atoms with Gasteiger partial charge in [0.25, 0.3) is 5.91 Å². The van der Waals surface area contributed by atoms with Gasteiger partial charge in [-0.25, -0.2) is 9.97 Å². The van der Waals surface area contributed by atoms with Crippen LogP contribution in [0.1, 0.15) is 46.2 Å². The van der Waals surface area contributed by atoms with Gasteiger partial charge in [0.05, 0.1) is 48.2 Å². The van der Waals surface area contributed by atoms with Gasteiger partial charge in [-0.05, 0) is 94.8 Å². The molecule has 2 amide bonds. The third-order valence-corrected chi connectivity index (χ3v) is 11.7. The Morgan fingerprint density at radius 3 is 2.33 bits per heavy atom. The molecule has 0 radical (unpaired) electrons. The average Bonchev–Trinajstić information content (AvgIpc) is 3.82. The summed E-state index contributed by atoms with van der Waals surface area (Å²) in [4.78, 5) is 58.3. The number of hydrogen-bond acceptors (Lipinski definition) is 11. The number of hydrogen-bond donors (Lipinski definition) is 4. The first-order valence-corrected chi connectivity index (χ1v) is 19.9. The molecule has 0 unspecified atom stereocenters. The molecule has 3 aliphatic heterocycles. The van der Waals surface area contributed by atoms with Crippen LogP contribution in [0.15, 0.2) is 66.6 Å². The summed E-state index contributed by atoms with van der Waals surface area (Å²) in [6, 6.07) is 14.9. The summed E-state index contributed by atoms with van der Waals surface area (Å²) in [6.45, 7) is 14.2. The average molecular weight is 777 g/mol. The highest BCUT2D eigenvalue weighted by molar-refractivity contribution is 6.31. The maximum absolute atomic E-state index is 14.4. The number of piperazine rings is 1. The van der Waals surface area contributed by atoms with E-state index in [1.54, 1.807) is 26.1 Å². The molecule has 4 aromatic rings. The van der Waals surface area contributed by atoms with Gasteiger partial charge in [-0.2, -0.15) is 0 Å². The SMILES string of the molecule is CN[C@@H](C)C(=O)N[C@H](C(=O)C1=C(C(=O)Nc2cc3c(Nc4ccc(N5CCN(C6CCN(C)CC6)CC5)cc4)ncnc3cc2OC)Cn2cccc21)C(C)(C)C. The lowest BCUT2D eigenvalue weighted by molar-refractivity contribution is -0.128. The van der Waals surface area contributed by atoms with Gasteiger partial charge < -0.3 is 40.4 Å². The molecular weight excluding hydrogens is 721 g/mol. The molecule has 2 atom stereocenters. The van der Waals surface area contributed by atoms with E-state index in [0.29, 0.717) is 45.5 Å². The van der Waals surface area contributed by atoms with Gasteiger partial charge in [0, 0.05) is 66.8 Å². The van der Waals surface area contributed by atoms with Crippen LogP contribution in [-0.4, -0.2) is 121 Å². The number of benzene rings is 2. The van der Waals surface area contributed by atoms with Crippen molar-refractivity contribution >= 4 is 57.0 Å². The van der Waals surface area contributed by atoms with E-state index in [1.807, 2.05) is 43.7 Å². The Hall–Kier alpha value is -5.31. The number of piperidine rings is 1. The minimum atomic E-state index is -0.880. The van der Waals surface area contributed by atoms with Crippen LogP contribution in [0, 0.1) is 5.41 Å². The lowest BCUT2D eigenvalue weighted by atomic mass is 9.80. The van der Waals surface area contributed by atoms with Gasteiger partial charge in [0.2, 0.25) is 5.91 Å². The van der Waals surface area contributed by atoms with Gasteiger partial charge in [0.15, 0.2) is 5.78 Å². The second-order valence-electron chi connectivity index (χ2n) is 16.5. The van der Waals surface area contributed by atoms with Crippen LogP contribution in [0.4, 0.5) is 22.9 Å². The normalized spacial score (nSPS) is 18.0. The van der Waals surface area contributed by atoms with E-state index < -0.39 is 23.4 Å². The molecule has 0 aliphatic carbocycles. The van der Waals surface area contributed by atoms with E-state index in [4.69, 9.17) is 4.74 Å². The molecular formula is C43H56N10O4. The van der Waals surface area contributed by atoms with E-state index in [9.17, 15) is 14.4 Å². The van der Waals surface area contributed by atoms with Crippen molar-refractivity contribution in [2.45, 2.75) is 65.2 Å². The summed E-state index contributed by atoms with van der Waals surface area (Å²) in [5.41, 5.74) is 3.67. The zero-order valence-electron chi connectivity index (χ0n) is 34.2. The zero-order chi connectivity index (χ0) is 40.4. The second kappa shape index (κ2) is 16.7. The van der Waals surface area contributed by atoms with Crippen molar-refractivity contribution in [3.63, 3.8) is 0 Å². The smallest absolute Gasteiger partial charge is 0.254 e. The maximum atomic E-state index is 14.4. The fourth-order valence-corrected chi connectivity index (χ4v) is 8.11. The van der Waals surface area contributed by atoms with Gasteiger partial charge in [0.1, 0.15) is 17.9 Å². The summed E-state index contributed by atoms with van der Waals surface area (Å²) in [7, 11) is 5.44. The van der Waals surface area contributed by atoms with Gasteiger partial charge >= 0.3 is 0 Å². The highest BCUT2D eigenvalue weighted by Crippen LogP contribution is 2.37. The molecule has 2 aromatic carbocycles. The molecule has 14 heteroatoms. The third-order valence-electron chi connectivity index (χ3n) is 11.7. The monoisotopic (exact) mass is 776 g/mol. The number of Topliss-reactive ketones (excluding diaryl/α,β-unsaturated/α-hetero) is 1. The Kier molecular flexibility index (Phi) is 11.7. The number of nitrogens with one attached hydrogen (secondary N) is 4. The first-order chi connectivity index (χ1) is 27.3. The number of rotatable bonds is 12. The molecule has 302 valence electrons. The number of likely N-dealkylation sites (tertiary alicyclic amines) is 1. The van der Waals surface area contributed by atoms with E-state index >= 15 is 0 Å². The number of methoxy groups -OCH3 is 1. The molecule has 14 nitrogen and oxygen atoms in total. The first-order valence-electron chi connectivity index (χ1n) is 19.9. The number of ether oxygens (including phenoxy) is 1. The molecule has 7 rings (SSSR count). The number of anilines is 4. The number of amides is 2. The van der Waals surface area contributed by atoms with Crippen molar-refractivity contribution in [3.8, 4) is 5.75 Å². The Morgan fingerprint density at radius 1 is 0.947 bits per heavy atom. The summed E-state index contributed by atoms with van der Waals surface area (Å²) in [5, 5.41) is 13.0. The molecule has 3 aliphatic rings. The van der Waals surface area contributed by atoms with Crippen molar-refractivity contribution < 1.29 is 19.1 Å². The quantitative estimate of drug-likeness (QED) is 0.161. The molecule has 57 heavy (non-hydrogen) atoms. The molecule has 4 N–H and O–H groups in total. The van der Waals surface area contributed by atoms with Crippen molar-refractivity contribution in [1.29, 1.82) is 0 Å². The zero-order valence-corrected chi connectivity index (χ0v) is 34.2. The second-order valence-corrected chi connectivity index (χ2v) is 16.5. The van der Waals surface area contributed by atoms with E-state index in [1.165, 1.54) is 45.1 Å². The van der Waals surface area contributed by atoms with E-state index in [2.05, 4.69) is 77.2 Å². The van der Waals surface area contributed by atoms with Crippen molar-refractivity contribution in [2.75, 3.05) is 76.0 Å². The standard InChI is InChI=1S/C43H56N10O4/c1-27(44-5)41(55)49-39(43(2,3)4)38(54)37-32(25-53-16-8-9-35(37)53)42(56)48-34-23-31-33(24-36(34)57-7)45-26-46-40(31)47-28-10-12-29(13-11-28)51-19-21-52(22-20-51)30-14-17-50(6)18-15-30/h8-13,16,23-24,26-27,30,39,44H,14-15,17-22,25H2,1-7H3,(H,48,56)(H,49,55)(H,45,46,47)/t27-,39+/m0/s1. The van der Waals surface area contributed by atoms with Crippen molar-refractivity contribution in [1.82, 2.24) is 35.0 Å². The van der Waals surface area contributed by atoms with Crippen LogP contribution in [0.3, 0.4) is 0 Å². The van der Waals surface area contributed by atoms with Gasteiger partial charge in [-0.15, -0.1) is 0 Å². The van der Waals surface area contributed by atoms with Crippen LogP contribution in [-0.2, 0) is 20.9 Å². The Balaban J connectivity index is 1.10. The topological polar surface area (TPSA) is 149 Å². The fourth-order valence-electron chi connectivity index (χ4n) is 8.11. The van der Waals surface area contributed by atoms with Crippen molar-refractivity contribution in [2.24, 2.45) is 5.41 Å². The number of likely N-dealkylation sites (N-methyl/N-ethyl adjacent to an activating group) is 1. The lowest BCUT2D eigenvalue weighted by Crippen LogP contribution is -2.53. The largest absolute Gasteiger partial charge is 0.494 e. The van der Waals surface area contributed by atoms with Crippen LogP contribution in [0.25, 0.3) is 16.5 Å². The van der Waals surface area contributed by atoms with Crippen molar-refractivity contribution in [3.05, 3.63) is 72.3 Å². The van der Waals surface area contributed by atoms with Crippen LogP contribution < -0.4 is 30.9 Å². The number of carbonyl (C=O) groups is 3. The van der Waals surface area contributed by atoms with Crippen LogP contribution >= 0.6 is 0 Å². The Morgan fingerprint density at radius 2 is 1.67 bits per heavy atom. The predicted octanol–water partition coefficient (Wildman–Crippen LogP) is 4.51. The minimum Gasteiger partial charge on any atom is -0.494 e.